The third-order valence-corrected chi connectivity index (χ3v) is 4.20. The summed E-state index contributed by atoms with van der Waals surface area (Å²) < 4.78 is 5.03. The smallest absolute Gasteiger partial charge is 0.306 e. The molecule has 1 rings (SSSR count). The van der Waals surface area contributed by atoms with E-state index < -0.39 is 0 Å². The van der Waals surface area contributed by atoms with Gasteiger partial charge < -0.3 is 10.1 Å². The third kappa shape index (κ3) is 6.86. The molecule has 0 saturated heterocycles. The first-order chi connectivity index (χ1) is 11.4. The average molecular weight is 353 g/mol. The molecule has 1 N–H and O–H groups in total. The predicted octanol–water partition coefficient (Wildman–Crippen LogP) is 2.60. The van der Waals surface area contributed by atoms with E-state index in [-0.39, 0.29) is 30.9 Å². The second-order valence-electron chi connectivity index (χ2n) is 5.78. The molecule has 1 aromatic heterocycles. The fourth-order valence-corrected chi connectivity index (χ4v) is 2.89. The van der Waals surface area contributed by atoms with Gasteiger partial charge in [0, 0.05) is 23.9 Å². The topological polar surface area (TPSA) is 81.2 Å². The van der Waals surface area contributed by atoms with Crippen LogP contribution in [-0.2, 0) is 20.7 Å². The Morgan fingerprint density at radius 3 is 2.42 bits per heavy atom. The van der Waals surface area contributed by atoms with Crippen LogP contribution in [0.25, 0.3) is 0 Å². The summed E-state index contributed by atoms with van der Waals surface area (Å²) in [5, 5.41) is 3.53. The molecule has 0 fully saturated rings. The van der Waals surface area contributed by atoms with Crippen LogP contribution < -0.4 is 5.32 Å². The van der Waals surface area contributed by atoms with Crippen molar-refractivity contribution in [2.45, 2.75) is 64.6 Å². The summed E-state index contributed by atoms with van der Waals surface area (Å²) in [4.78, 5) is 32.3. The van der Waals surface area contributed by atoms with Gasteiger partial charge in [-0.05, 0) is 45.4 Å². The normalized spacial score (nSPS) is 11.9. The van der Waals surface area contributed by atoms with E-state index in [0.717, 1.165) is 34.9 Å². The van der Waals surface area contributed by atoms with E-state index in [4.69, 9.17) is 4.74 Å². The molecule has 0 radical (unpaired) electrons. The summed E-state index contributed by atoms with van der Waals surface area (Å²) in [6.45, 7) is 7.59. The highest BCUT2D eigenvalue weighted by molar-refractivity contribution is 7.98. The average Bonchev–Trinajstić information content (AvgIpc) is 2.52. The number of carbonyl (C=O) groups excluding carboxylic acids is 2. The molecule has 1 atom stereocenters. The second kappa shape index (κ2) is 10.3. The zero-order valence-corrected chi connectivity index (χ0v) is 16.0. The Kier molecular flexibility index (Phi) is 8.74. The molecular formula is C17H27N3O3S. The minimum Gasteiger partial charge on any atom is -0.456 e. The Hall–Kier alpha value is -1.63. The van der Waals surface area contributed by atoms with Crippen molar-refractivity contribution in [3.8, 4) is 0 Å². The largest absolute Gasteiger partial charge is 0.456 e. The zero-order valence-electron chi connectivity index (χ0n) is 15.1. The lowest BCUT2D eigenvalue weighted by Gasteiger charge is -2.13. The van der Waals surface area contributed by atoms with Gasteiger partial charge in [0.1, 0.15) is 0 Å². The van der Waals surface area contributed by atoms with E-state index in [1.54, 1.807) is 0 Å². The summed E-state index contributed by atoms with van der Waals surface area (Å²) in [5.74, 6) is -0.648. The molecular weight excluding hydrogens is 326 g/mol. The fraction of sp³-hybridized carbons (Fsp3) is 0.647. The van der Waals surface area contributed by atoms with Gasteiger partial charge >= 0.3 is 5.97 Å². The summed E-state index contributed by atoms with van der Waals surface area (Å²) in [6, 6.07) is 0.0959. The maximum absolute atomic E-state index is 11.8. The highest BCUT2D eigenvalue weighted by Crippen LogP contribution is 2.17. The quantitative estimate of drug-likeness (QED) is 0.417. The highest BCUT2D eigenvalue weighted by atomic mass is 32.2. The highest BCUT2D eigenvalue weighted by Gasteiger charge is 2.13. The van der Waals surface area contributed by atoms with Crippen molar-refractivity contribution < 1.29 is 14.3 Å². The molecule has 1 amide bonds. The van der Waals surface area contributed by atoms with Crippen LogP contribution in [0.1, 0.15) is 50.1 Å². The summed E-state index contributed by atoms with van der Waals surface area (Å²) in [6.07, 6.45) is 4.56. The standard InChI is InChI=1S/C17H27N3O3S/c1-6-7-11(2)18-15(21)10-23-16(22)9-8-14-12(3)19-17(24-5)20-13(14)4/h11H,6-10H2,1-5H3,(H,18,21)/t11-/m0/s1. The molecule has 0 aliphatic rings. The first-order valence-electron chi connectivity index (χ1n) is 8.20. The van der Waals surface area contributed by atoms with Crippen molar-refractivity contribution in [3.63, 3.8) is 0 Å². The number of aromatic nitrogens is 2. The molecule has 7 heteroatoms. The van der Waals surface area contributed by atoms with Crippen molar-refractivity contribution in [2.75, 3.05) is 12.9 Å². The molecule has 6 nitrogen and oxygen atoms in total. The Bertz CT molecular complexity index is 555. The minimum absolute atomic E-state index is 0.0959. The van der Waals surface area contributed by atoms with E-state index in [0.29, 0.717) is 6.42 Å². The van der Waals surface area contributed by atoms with Crippen LogP contribution in [0, 0.1) is 13.8 Å². The minimum atomic E-state index is -0.388. The number of hydrogen-bond acceptors (Lipinski definition) is 6. The third-order valence-electron chi connectivity index (χ3n) is 3.66. The monoisotopic (exact) mass is 353 g/mol. The predicted molar refractivity (Wildman–Crippen MR) is 95.1 cm³/mol. The van der Waals surface area contributed by atoms with Crippen LogP contribution in [0.4, 0.5) is 0 Å². The van der Waals surface area contributed by atoms with E-state index in [1.807, 2.05) is 27.0 Å². The van der Waals surface area contributed by atoms with Crippen molar-refractivity contribution in [3.05, 3.63) is 17.0 Å². The van der Waals surface area contributed by atoms with Crippen LogP contribution in [0.15, 0.2) is 5.16 Å². The summed E-state index contributed by atoms with van der Waals surface area (Å²) in [5.41, 5.74) is 2.72. The molecule has 0 aliphatic carbocycles. The fourth-order valence-electron chi connectivity index (χ4n) is 2.43. The van der Waals surface area contributed by atoms with Crippen LogP contribution in [0.3, 0.4) is 0 Å². The number of rotatable bonds is 9. The number of ether oxygens (including phenoxy) is 1. The van der Waals surface area contributed by atoms with Crippen molar-refractivity contribution in [2.24, 2.45) is 0 Å². The first-order valence-corrected chi connectivity index (χ1v) is 9.42. The Morgan fingerprint density at radius 1 is 1.25 bits per heavy atom. The lowest BCUT2D eigenvalue weighted by molar-refractivity contribution is -0.148. The van der Waals surface area contributed by atoms with Gasteiger partial charge in [0.15, 0.2) is 11.8 Å². The Balaban J connectivity index is 2.43. The number of esters is 1. The zero-order chi connectivity index (χ0) is 18.1. The van der Waals surface area contributed by atoms with Gasteiger partial charge in [-0.3, -0.25) is 9.59 Å². The van der Waals surface area contributed by atoms with Crippen LogP contribution in [0.5, 0.6) is 0 Å². The van der Waals surface area contributed by atoms with Gasteiger partial charge in [-0.25, -0.2) is 9.97 Å². The van der Waals surface area contributed by atoms with Gasteiger partial charge in [-0.15, -0.1) is 0 Å². The summed E-state index contributed by atoms with van der Waals surface area (Å²) in [7, 11) is 0. The number of amides is 1. The summed E-state index contributed by atoms with van der Waals surface area (Å²) >= 11 is 1.49. The van der Waals surface area contributed by atoms with Crippen molar-refractivity contribution >= 4 is 23.6 Å². The maximum atomic E-state index is 11.8. The molecule has 0 saturated carbocycles. The Labute approximate surface area is 148 Å². The number of carbonyl (C=O) groups is 2. The number of aryl methyl sites for hydroxylation is 2. The Morgan fingerprint density at radius 2 is 1.88 bits per heavy atom. The number of thioether (sulfide) groups is 1. The molecule has 0 spiro atoms. The van der Waals surface area contributed by atoms with E-state index in [1.165, 1.54) is 11.8 Å². The molecule has 24 heavy (non-hydrogen) atoms. The van der Waals surface area contributed by atoms with Crippen LogP contribution in [-0.4, -0.2) is 40.7 Å². The molecule has 1 aromatic rings. The molecule has 0 aromatic carbocycles. The van der Waals surface area contributed by atoms with Crippen LogP contribution >= 0.6 is 11.8 Å². The molecule has 0 bridgehead atoms. The number of hydrogen-bond donors (Lipinski definition) is 1. The number of nitrogens with zero attached hydrogens (tertiary/aromatic N) is 2. The molecule has 0 unspecified atom stereocenters. The van der Waals surface area contributed by atoms with Gasteiger partial charge in [0.2, 0.25) is 0 Å². The van der Waals surface area contributed by atoms with Crippen molar-refractivity contribution in [1.82, 2.24) is 15.3 Å². The SMILES string of the molecule is CCC[C@H](C)NC(=O)COC(=O)CCc1c(C)nc(SC)nc1C. The van der Waals surface area contributed by atoms with Gasteiger partial charge in [0.25, 0.3) is 5.91 Å². The van der Waals surface area contributed by atoms with Crippen molar-refractivity contribution in [1.29, 1.82) is 0 Å². The molecule has 0 aliphatic heterocycles. The molecule has 1 heterocycles. The van der Waals surface area contributed by atoms with Gasteiger partial charge in [-0.2, -0.15) is 0 Å². The maximum Gasteiger partial charge on any atom is 0.306 e. The van der Waals surface area contributed by atoms with Gasteiger partial charge in [0.05, 0.1) is 0 Å². The van der Waals surface area contributed by atoms with Gasteiger partial charge in [-0.1, -0.05) is 25.1 Å². The lowest BCUT2D eigenvalue weighted by atomic mass is 10.1. The van der Waals surface area contributed by atoms with Crippen LogP contribution in [0.2, 0.25) is 0 Å². The number of nitrogens with one attached hydrogen (secondary N) is 1. The van der Waals surface area contributed by atoms with E-state index >= 15 is 0 Å². The second-order valence-corrected chi connectivity index (χ2v) is 6.55. The molecule has 134 valence electrons. The van der Waals surface area contributed by atoms with E-state index in [2.05, 4.69) is 22.2 Å². The lowest BCUT2D eigenvalue weighted by Crippen LogP contribution is -2.35. The van der Waals surface area contributed by atoms with E-state index in [9.17, 15) is 9.59 Å². The first kappa shape index (κ1) is 20.4.